The first-order chi connectivity index (χ1) is 13.2. The average molecular weight is 365 g/mol. The number of nitrogens with one attached hydrogen (secondary N) is 1. The van der Waals surface area contributed by atoms with Gasteiger partial charge in [-0.3, -0.25) is 9.59 Å². The van der Waals surface area contributed by atoms with Crippen LogP contribution in [0.1, 0.15) is 47.8 Å². The molecule has 3 aliphatic rings. The fourth-order valence-corrected chi connectivity index (χ4v) is 3.81. The third kappa shape index (κ3) is 3.01. The third-order valence-corrected chi connectivity index (χ3v) is 6.00. The summed E-state index contributed by atoms with van der Waals surface area (Å²) in [5.74, 6) is 0.684. The Balaban J connectivity index is 1.19. The normalized spacial score (nSPS) is 20.8. The van der Waals surface area contributed by atoms with E-state index in [0.717, 1.165) is 24.9 Å². The van der Waals surface area contributed by atoms with Crippen LogP contribution >= 0.6 is 0 Å². The van der Waals surface area contributed by atoms with Crippen molar-refractivity contribution in [2.45, 2.75) is 37.1 Å². The SMILES string of the molecule is O=C(NCC1CC1)c1cn(C2CN(C(=O)C3(c4ccccc4)CC3)C2)nn1. The van der Waals surface area contributed by atoms with Crippen LogP contribution in [0.5, 0.6) is 0 Å². The van der Waals surface area contributed by atoms with Gasteiger partial charge in [0, 0.05) is 19.6 Å². The lowest BCUT2D eigenvalue weighted by molar-refractivity contribution is -0.140. The second-order valence-electron chi connectivity index (χ2n) is 8.05. The molecular weight excluding hydrogens is 342 g/mol. The minimum absolute atomic E-state index is 0.0954. The third-order valence-electron chi connectivity index (χ3n) is 6.00. The van der Waals surface area contributed by atoms with E-state index in [1.54, 1.807) is 10.9 Å². The number of likely N-dealkylation sites (tertiary alicyclic amines) is 1. The van der Waals surface area contributed by atoms with Crippen molar-refractivity contribution in [3.63, 3.8) is 0 Å². The van der Waals surface area contributed by atoms with Crippen molar-refractivity contribution in [2.75, 3.05) is 19.6 Å². The predicted octanol–water partition coefficient (Wildman–Crippen LogP) is 1.53. The summed E-state index contributed by atoms with van der Waals surface area (Å²) in [7, 11) is 0. The number of carbonyl (C=O) groups is 2. The molecule has 3 fully saturated rings. The molecule has 2 heterocycles. The van der Waals surface area contributed by atoms with E-state index in [2.05, 4.69) is 15.6 Å². The number of rotatable bonds is 6. The average Bonchev–Trinajstić information content (AvgIpc) is 3.58. The Morgan fingerprint density at radius 3 is 2.56 bits per heavy atom. The molecule has 27 heavy (non-hydrogen) atoms. The highest BCUT2D eigenvalue weighted by Crippen LogP contribution is 2.50. The first-order valence-electron chi connectivity index (χ1n) is 9.71. The zero-order chi connectivity index (χ0) is 18.4. The molecule has 1 aromatic heterocycles. The van der Waals surface area contributed by atoms with Gasteiger partial charge in [-0.25, -0.2) is 4.68 Å². The summed E-state index contributed by atoms with van der Waals surface area (Å²) in [6, 6.07) is 10.2. The minimum atomic E-state index is -0.317. The maximum atomic E-state index is 13.0. The summed E-state index contributed by atoms with van der Waals surface area (Å²) in [6.45, 7) is 1.97. The molecule has 1 aliphatic heterocycles. The van der Waals surface area contributed by atoms with E-state index in [-0.39, 0.29) is 23.3 Å². The fourth-order valence-electron chi connectivity index (χ4n) is 3.81. The first-order valence-corrected chi connectivity index (χ1v) is 9.71. The second-order valence-corrected chi connectivity index (χ2v) is 8.05. The van der Waals surface area contributed by atoms with E-state index in [4.69, 9.17) is 0 Å². The Morgan fingerprint density at radius 2 is 1.89 bits per heavy atom. The summed E-state index contributed by atoms with van der Waals surface area (Å²) in [6.07, 6.45) is 5.93. The van der Waals surface area contributed by atoms with Crippen molar-refractivity contribution in [2.24, 2.45) is 5.92 Å². The van der Waals surface area contributed by atoms with Crippen LogP contribution in [0.4, 0.5) is 0 Å². The van der Waals surface area contributed by atoms with Crippen LogP contribution in [0, 0.1) is 5.92 Å². The largest absolute Gasteiger partial charge is 0.350 e. The lowest BCUT2D eigenvalue weighted by Crippen LogP contribution is -2.54. The van der Waals surface area contributed by atoms with Crippen molar-refractivity contribution in [3.05, 3.63) is 47.8 Å². The number of carbonyl (C=O) groups excluding carboxylic acids is 2. The topological polar surface area (TPSA) is 80.1 Å². The van der Waals surface area contributed by atoms with E-state index < -0.39 is 0 Å². The summed E-state index contributed by atoms with van der Waals surface area (Å²) < 4.78 is 1.72. The molecule has 2 saturated carbocycles. The number of aromatic nitrogens is 3. The quantitative estimate of drug-likeness (QED) is 0.842. The minimum Gasteiger partial charge on any atom is -0.350 e. The maximum Gasteiger partial charge on any atom is 0.273 e. The molecule has 5 rings (SSSR count). The van der Waals surface area contributed by atoms with Gasteiger partial charge in [-0.2, -0.15) is 0 Å². The zero-order valence-electron chi connectivity index (χ0n) is 15.2. The van der Waals surface area contributed by atoms with Crippen molar-refractivity contribution in [3.8, 4) is 0 Å². The van der Waals surface area contributed by atoms with Crippen LogP contribution in [0.2, 0.25) is 0 Å². The molecule has 7 heteroatoms. The molecule has 1 N–H and O–H groups in total. The van der Waals surface area contributed by atoms with Gasteiger partial charge < -0.3 is 10.2 Å². The second kappa shape index (κ2) is 6.18. The van der Waals surface area contributed by atoms with E-state index >= 15 is 0 Å². The molecule has 2 amide bonds. The Morgan fingerprint density at radius 1 is 1.15 bits per heavy atom. The van der Waals surface area contributed by atoms with Crippen molar-refractivity contribution < 1.29 is 9.59 Å². The number of benzene rings is 1. The van der Waals surface area contributed by atoms with Gasteiger partial charge in [-0.15, -0.1) is 5.10 Å². The molecule has 0 spiro atoms. The number of amides is 2. The van der Waals surface area contributed by atoms with Gasteiger partial charge in [-0.1, -0.05) is 35.5 Å². The molecule has 0 radical (unpaired) electrons. The van der Waals surface area contributed by atoms with Gasteiger partial charge in [0.25, 0.3) is 5.91 Å². The molecule has 1 aromatic carbocycles. The molecule has 1 saturated heterocycles. The highest BCUT2D eigenvalue weighted by molar-refractivity contribution is 5.92. The number of hydrogen-bond acceptors (Lipinski definition) is 4. The lowest BCUT2D eigenvalue weighted by atomic mass is 9.92. The van der Waals surface area contributed by atoms with Gasteiger partial charge in [0.15, 0.2) is 5.69 Å². The van der Waals surface area contributed by atoms with Crippen molar-refractivity contribution in [1.29, 1.82) is 0 Å². The molecule has 2 aliphatic carbocycles. The summed E-state index contributed by atoms with van der Waals surface area (Å²) >= 11 is 0. The van der Waals surface area contributed by atoms with Crippen LogP contribution in [0.15, 0.2) is 36.5 Å². The van der Waals surface area contributed by atoms with E-state index in [1.165, 1.54) is 12.8 Å². The summed E-state index contributed by atoms with van der Waals surface area (Å²) in [4.78, 5) is 27.0. The highest BCUT2D eigenvalue weighted by Gasteiger charge is 2.54. The highest BCUT2D eigenvalue weighted by atomic mass is 16.2. The molecule has 0 bridgehead atoms. The molecule has 140 valence electrons. The van der Waals surface area contributed by atoms with E-state index in [9.17, 15) is 9.59 Å². The standard InChI is InChI=1S/C20H23N5O2/c26-18(21-10-14-6-7-14)17-13-25(23-22-17)16-11-24(12-16)19(27)20(8-9-20)15-4-2-1-3-5-15/h1-5,13-14,16H,6-12H2,(H,21,26). The van der Waals surface area contributed by atoms with Crippen LogP contribution in [-0.2, 0) is 10.2 Å². The Bertz CT molecular complexity index is 864. The molecule has 2 aromatic rings. The van der Waals surface area contributed by atoms with Crippen LogP contribution in [-0.4, -0.2) is 51.3 Å². The number of nitrogens with zero attached hydrogens (tertiary/aromatic N) is 4. The Kier molecular flexibility index (Phi) is 3.77. The first kappa shape index (κ1) is 16.5. The van der Waals surface area contributed by atoms with Gasteiger partial charge in [-0.05, 0) is 37.2 Å². The van der Waals surface area contributed by atoms with Gasteiger partial charge >= 0.3 is 0 Å². The summed E-state index contributed by atoms with van der Waals surface area (Å²) in [5.41, 5.74) is 1.15. The van der Waals surface area contributed by atoms with E-state index in [1.807, 2.05) is 35.2 Å². The van der Waals surface area contributed by atoms with E-state index in [0.29, 0.717) is 24.7 Å². The predicted molar refractivity (Wildman–Crippen MR) is 98.1 cm³/mol. The fraction of sp³-hybridized carbons (Fsp3) is 0.500. The van der Waals surface area contributed by atoms with Gasteiger partial charge in [0.2, 0.25) is 5.91 Å². The Hall–Kier alpha value is -2.70. The summed E-state index contributed by atoms with van der Waals surface area (Å²) in [5, 5.41) is 11.0. The lowest BCUT2D eigenvalue weighted by Gasteiger charge is -2.41. The maximum absolute atomic E-state index is 13.0. The zero-order valence-corrected chi connectivity index (χ0v) is 15.2. The molecule has 0 atom stereocenters. The molecule has 0 unspecified atom stereocenters. The van der Waals surface area contributed by atoms with Gasteiger partial charge in [0.05, 0.1) is 17.7 Å². The van der Waals surface area contributed by atoms with Crippen LogP contribution in [0.25, 0.3) is 0 Å². The molecule has 7 nitrogen and oxygen atoms in total. The Labute approximate surface area is 157 Å². The smallest absolute Gasteiger partial charge is 0.273 e. The van der Waals surface area contributed by atoms with Crippen molar-refractivity contribution in [1.82, 2.24) is 25.2 Å². The van der Waals surface area contributed by atoms with Crippen LogP contribution < -0.4 is 5.32 Å². The molecular formula is C20H23N5O2. The van der Waals surface area contributed by atoms with Crippen molar-refractivity contribution >= 4 is 11.8 Å². The monoisotopic (exact) mass is 365 g/mol. The van der Waals surface area contributed by atoms with Gasteiger partial charge in [0.1, 0.15) is 0 Å². The van der Waals surface area contributed by atoms with Crippen LogP contribution in [0.3, 0.4) is 0 Å². The number of hydrogen-bond donors (Lipinski definition) is 1.